The highest BCUT2D eigenvalue weighted by molar-refractivity contribution is 7.16. The molecule has 0 saturated heterocycles. The summed E-state index contributed by atoms with van der Waals surface area (Å²) in [5.74, 6) is -0.985. The predicted molar refractivity (Wildman–Crippen MR) is 118 cm³/mol. The van der Waals surface area contributed by atoms with Gasteiger partial charge in [-0.15, -0.1) is 0 Å². The summed E-state index contributed by atoms with van der Waals surface area (Å²) in [6.45, 7) is 5.67. The number of rotatable bonds is 7. The Kier molecular flexibility index (Phi) is 6.81. The third-order valence-electron chi connectivity index (χ3n) is 4.83. The fourth-order valence-electron chi connectivity index (χ4n) is 3.16. The van der Waals surface area contributed by atoms with Gasteiger partial charge in [0.25, 0.3) is 11.6 Å². The minimum atomic E-state index is -0.518. The lowest BCUT2D eigenvalue weighted by Crippen LogP contribution is -2.22. The number of amides is 1. The molecule has 10 heteroatoms. The first-order chi connectivity index (χ1) is 14.9. The van der Waals surface area contributed by atoms with Gasteiger partial charge < -0.3 is 14.2 Å². The van der Waals surface area contributed by atoms with Gasteiger partial charge in [0.2, 0.25) is 0 Å². The number of anilines is 1. The average Bonchev–Trinajstić information content (AvgIpc) is 3.10. The zero-order valence-electron chi connectivity index (χ0n) is 17.4. The lowest BCUT2D eigenvalue weighted by molar-refractivity contribution is -0.384. The maximum absolute atomic E-state index is 12.8. The zero-order chi connectivity index (χ0) is 22.5. The topological polar surface area (TPSA) is 107 Å². The number of nitrogens with zero attached hydrogens (tertiary/aromatic N) is 4. The molecule has 0 unspecified atom stereocenters. The van der Waals surface area contributed by atoms with E-state index >= 15 is 0 Å². The highest BCUT2D eigenvalue weighted by atomic mass is 32.1. The van der Waals surface area contributed by atoms with Crippen LogP contribution >= 0.6 is 11.3 Å². The van der Waals surface area contributed by atoms with Crippen LogP contribution in [0.4, 0.5) is 11.4 Å². The Bertz CT molecular complexity index is 1190. The molecule has 3 aromatic rings. The molecule has 0 spiro atoms. The number of non-ortho nitro benzene ring substituents is 1. The van der Waals surface area contributed by atoms with Gasteiger partial charge in [0.1, 0.15) is 6.54 Å². The number of ether oxygens (including phenoxy) is 1. The summed E-state index contributed by atoms with van der Waals surface area (Å²) in [7, 11) is 1.27. The quantitative estimate of drug-likeness (QED) is 0.315. The summed E-state index contributed by atoms with van der Waals surface area (Å²) in [6.07, 6.45) is 0. The number of esters is 1. The van der Waals surface area contributed by atoms with Crippen molar-refractivity contribution in [2.75, 3.05) is 25.1 Å². The highest BCUT2D eigenvalue weighted by Gasteiger charge is 2.15. The van der Waals surface area contributed by atoms with Crippen molar-refractivity contribution in [3.63, 3.8) is 0 Å². The third-order valence-corrected chi connectivity index (χ3v) is 5.87. The van der Waals surface area contributed by atoms with Crippen molar-refractivity contribution >= 4 is 44.8 Å². The van der Waals surface area contributed by atoms with Crippen molar-refractivity contribution < 1.29 is 19.2 Å². The summed E-state index contributed by atoms with van der Waals surface area (Å²) in [6, 6.07) is 11.4. The van der Waals surface area contributed by atoms with Crippen molar-refractivity contribution in [1.82, 2.24) is 4.57 Å². The molecule has 0 aliphatic carbocycles. The maximum atomic E-state index is 12.8. The lowest BCUT2D eigenvalue weighted by atomic mass is 10.2. The SMILES string of the molecule is CCN(CC)c1ccc(C(=O)N=c2sc3cc([N+](=O)[O-])ccc3n2CC(=O)OC)cc1. The molecule has 0 fully saturated rings. The van der Waals surface area contributed by atoms with E-state index in [-0.39, 0.29) is 17.0 Å². The van der Waals surface area contributed by atoms with Gasteiger partial charge in [0, 0.05) is 36.5 Å². The van der Waals surface area contributed by atoms with Crippen molar-refractivity contribution in [2.24, 2.45) is 4.99 Å². The van der Waals surface area contributed by atoms with Crippen LogP contribution in [0.25, 0.3) is 10.2 Å². The minimum absolute atomic E-state index is 0.0798. The Balaban J connectivity index is 2.04. The molecule has 0 N–H and O–H groups in total. The van der Waals surface area contributed by atoms with Gasteiger partial charge in [0.15, 0.2) is 4.80 Å². The summed E-state index contributed by atoms with van der Waals surface area (Å²) in [5.41, 5.74) is 1.90. The van der Waals surface area contributed by atoms with E-state index in [9.17, 15) is 19.7 Å². The molecule has 0 bridgehead atoms. The molecule has 2 aromatic carbocycles. The van der Waals surface area contributed by atoms with Crippen LogP contribution in [-0.2, 0) is 16.1 Å². The molecule has 0 saturated carbocycles. The smallest absolute Gasteiger partial charge is 0.325 e. The van der Waals surface area contributed by atoms with E-state index < -0.39 is 16.8 Å². The van der Waals surface area contributed by atoms with Crippen molar-refractivity contribution in [1.29, 1.82) is 0 Å². The third kappa shape index (κ3) is 4.80. The van der Waals surface area contributed by atoms with E-state index in [1.165, 1.54) is 29.9 Å². The highest BCUT2D eigenvalue weighted by Crippen LogP contribution is 2.23. The molecule has 31 heavy (non-hydrogen) atoms. The van der Waals surface area contributed by atoms with Crippen LogP contribution in [0.2, 0.25) is 0 Å². The van der Waals surface area contributed by atoms with Crippen LogP contribution in [0.15, 0.2) is 47.5 Å². The fraction of sp³-hybridized carbons (Fsp3) is 0.286. The van der Waals surface area contributed by atoms with Crippen LogP contribution < -0.4 is 9.70 Å². The second kappa shape index (κ2) is 9.52. The second-order valence-electron chi connectivity index (χ2n) is 6.59. The van der Waals surface area contributed by atoms with Gasteiger partial charge in [-0.2, -0.15) is 4.99 Å². The molecule has 0 aliphatic rings. The largest absolute Gasteiger partial charge is 0.468 e. The Labute approximate surface area is 182 Å². The van der Waals surface area contributed by atoms with Crippen LogP contribution in [0.5, 0.6) is 0 Å². The Morgan fingerprint density at radius 2 is 1.84 bits per heavy atom. The number of nitro benzene ring substituents is 1. The van der Waals surface area contributed by atoms with E-state index in [1.54, 1.807) is 12.1 Å². The van der Waals surface area contributed by atoms with Crippen molar-refractivity contribution in [3.05, 3.63) is 62.9 Å². The first-order valence-electron chi connectivity index (χ1n) is 9.66. The predicted octanol–water partition coefficient (Wildman–Crippen LogP) is 3.37. The first kappa shape index (κ1) is 22.2. The molecule has 1 amide bonds. The van der Waals surface area contributed by atoms with Crippen molar-refractivity contribution in [3.8, 4) is 0 Å². The number of nitro groups is 1. The van der Waals surface area contributed by atoms with E-state index in [4.69, 9.17) is 4.74 Å². The Morgan fingerprint density at radius 1 is 1.16 bits per heavy atom. The lowest BCUT2D eigenvalue weighted by Gasteiger charge is -2.20. The zero-order valence-corrected chi connectivity index (χ0v) is 18.2. The van der Waals surface area contributed by atoms with E-state index in [1.807, 2.05) is 12.1 Å². The Hall–Kier alpha value is -3.53. The normalized spacial score (nSPS) is 11.5. The number of carbonyl (C=O) groups excluding carboxylic acids is 2. The Morgan fingerprint density at radius 3 is 2.42 bits per heavy atom. The van der Waals surface area contributed by atoms with Gasteiger partial charge in [-0.05, 0) is 44.2 Å². The van der Waals surface area contributed by atoms with Gasteiger partial charge in [-0.3, -0.25) is 19.7 Å². The molecular formula is C21H22N4O5S. The monoisotopic (exact) mass is 442 g/mol. The number of carbonyl (C=O) groups is 2. The van der Waals surface area contributed by atoms with Crippen LogP contribution in [0.1, 0.15) is 24.2 Å². The molecule has 3 rings (SSSR count). The molecule has 162 valence electrons. The second-order valence-corrected chi connectivity index (χ2v) is 7.60. The fourth-order valence-corrected chi connectivity index (χ4v) is 4.22. The number of methoxy groups -OCH3 is 1. The number of hydrogen-bond donors (Lipinski definition) is 0. The van der Waals surface area contributed by atoms with Crippen LogP contribution in [0.3, 0.4) is 0 Å². The summed E-state index contributed by atoms with van der Waals surface area (Å²) < 4.78 is 6.81. The molecule has 0 aliphatic heterocycles. The number of benzene rings is 2. The van der Waals surface area contributed by atoms with Gasteiger partial charge >= 0.3 is 5.97 Å². The molecular weight excluding hydrogens is 420 g/mol. The van der Waals surface area contributed by atoms with E-state index in [2.05, 4.69) is 23.7 Å². The maximum Gasteiger partial charge on any atom is 0.325 e. The molecule has 0 atom stereocenters. The summed E-state index contributed by atoms with van der Waals surface area (Å²) in [4.78, 5) is 41.9. The van der Waals surface area contributed by atoms with E-state index in [0.29, 0.717) is 15.8 Å². The molecule has 1 heterocycles. The standard InChI is InChI=1S/C21H22N4O5S/c1-4-23(5-2)15-8-6-14(7-9-15)20(27)22-21-24(13-19(26)30-3)17-11-10-16(25(28)29)12-18(17)31-21/h6-12H,4-5,13H2,1-3H3. The molecule has 1 aromatic heterocycles. The van der Waals surface area contributed by atoms with Gasteiger partial charge in [-0.25, -0.2) is 0 Å². The number of hydrogen-bond acceptors (Lipinski definition) is 7. The number of fused-ring (bicyclic) bond motifs is 1. The summed E-state index contributed by atoms with van der Waals surface area (Å²) in [5, 5.41) is 11.1. The summed E-state index contributed by atoms with van der Waals surface area (Å²) >= 11 is 1.10. The van der Waals surface area contributed by atoms with Crippen LogP contribution in [0, 0.1) is 10.1 Å². The van der Waals surface area contributed by atoms with Crippen LogP contribution in [-0.4, -0.2) is 41.6 Å². The first-order valence-corrected chi connectivity index (χ1v) is 10.5. The number of aromatic nitrogens is 1. The van der Waals surface area contributed by atoms with Gasteiger partial charge in [-0.1, -0.05) is 11.3 Å². The average molecular weight is 442 g/mol. The van der Waals surface area contributed by atoms with Gasteiger partial charge in [0.05, 0.1) is 22.2 Å². The minimum Gasteiger partial charge on any atom is -0.468 e. The molecule has 9 nitrogen and oxygen atoms in total. The van der Waals surface area contributed by atoms with E-state index in [0.717, 1.165) is 30.1 Å². The van der Waals surface area contributed by atoms with Crippen molar-refractivity contribution in [2.45, 2.75) is 20.4 Å². The molecule has 0 radical (unpaired) electrons. The number of thiazole rings is 1.